The molecule has 20 heavy (non-hydrogen) atoms. The lowest BCUT2D eigenvalue weighted by Gasteiger charge is -2.23. The SMILES string of the molecule is CNC(=O)Cc1nc(CN2CCCC2CCCO)cs1. The van der Waals surface area contributed by atoms with E-state index < -0.39 is 0 Å². The van der Waals surface area contributed by atoms with Crippen molar-refractivity contribution in [3.05, 3.63) is 16.1 Å². The van der Waals surface area contributed by atoms with Crippen LogP contribution in [0.3, 0.4) is 0 Å². The van der Waals surface area contributed by atoms with Crippen LogP contribution >= 0.6 is 11.3 Å². The van der Waals surface area contributed by atoms with Gasteiger partial charge < -0.3 is 10.4 Å². The van der Waals surface area contributed by atoms with Crippen molar-refractivity contribution in [1.82, 2.24) is 15.2 Å². The third-order valence-electron chi connectivity index (χ3n) is 3.75. The molecule has 0 aliphatic carbocycles. The highest BCUT2D eigenvalue weighted by molar-refractivity contribution is 7.09. The number of likely N-dealkylation sites (tertiary alicyclic amines) is 1. The van der Waals surface area contributed by atoms with Gasteiger partial charge in [-0.3, -0.25) is 9.69 Å². The van der Waals surface area contributed by atoms with Crippen molar-refractivity contribution in [2.24, 2.45) is 0 Å². The highest BCUT2D eigenvalue weighted by Gasteiger charge is 2.24. The zero-order chi connectivity index (χ0) is 14.4. The van der Waals surface area contributed by atoms with Gasteiger partial charge in [-0.15, -0.1) is 11.3 Å². The van der Waals surface area contributed by atoms with Gasteiger partial charge in [0.1, 0.15) is 5.01 Å². The number of likely N-dealkylation sites (N-methyl/N-ethyl adjacent to an activating group) is 1. The second-order valence-corrected chi connectivity index (χ2v) is 6.16. The summed E-state index contributed by atoms with van der Waals surface area (Å²) >= 11 is 1.56. The number of aliphatic hydroxyl groups excluding tert-OH is 1. The highest BCUT2D eigenvalue weighted by Crippen LogP contribution is 2.24. The third kappa shape index (κ3) is 4.26. The van der Waals surface area contributed by atoms with Gasteiger partial charge >= 0.3 is 0 Å². The average molecular weight is 297 g/mol. The Balaban J connectivity index is 1.87. The van der Waals surface area contributed by atoms with Gasteiger partial charge in [0.25, 0.3) is 0 Å². The maximum Gasteiger partial charge on any atom is 0.226 e. The summed E-state index contributed by atoms with van der Waals surface area (Å²) < 4.78 is 0. The molecule has 6 heteroatoms. The van der Waals surface area contributed by atoms with Crippen LogP contribution in [-0.2, 0) is 17.8 Å². The maximum absolute atomic E-state index is 11.3. The monoisotopic (exact) mass is 297 g/mol. The Hall–Kier alpha value is -0.980. The van der Waals surface area contributed by atoms with Crippen LogP contribution in [0.5, 0.6) is 0 Å². The fourth-order valence-corrected chi connectivity index (χ4v) is 3.48. The predicted octanol–water partition coefficient (Wildman–Crippen LogP) is 1.17. The van der Waals surface area contributed by atoms with Crippen LogP contribution < -0.4 is 5.32 Å². The predicted molar refractivity (Wildman–Crippen MR) is 79.6 cm³/mol. The molecule has 1 saturated heterocycles. The zero-order valence-corrected chi connectivity index (χ0v) is 12.8. The summed E-state index contributed by atoms with van der Waals surface area (Å²) in [5, 5.41) is 14.5. The Labute approximate surface area is 124 Å². The molecule has 2 N–H and O–H groups in total. The van der Waals surface area contributed by atoms with Crippen LogP contribution in [-0.4, -0.2) is 47.1 Å². The molecule has 1 aliphatic heterocycles. The molecule has 1 aliphatic rings. The van der Waals surface area contributed by atoms with Crippen LogP contribution in [0.2, 0.25) is 0 Å². The summed E-state index contributed by atoms with van der Waals surface area (Å²) in [7, 11) is 1.65. The van der Waals surface area contributed by atoms with Gasteiger partial charge in [-0.1, -0.05) is 0 Å². The number of hydrogen-bond donors (Lipinski definition) is 2. The first kappa shape index (κ1) is 15.4. The van der Waals surface area contributed by atoms with Crippen molar-refractivity contribution >= 4 is 17.2 Å². The standard InChI is InChI=1S/C14H23N3O2S/c1-15-13(19)8-14-16-11(10-20-14)9-17-6-2-4-12(17)5-3-7-18/h10,12,18H,2-9H2,1H3,(H,15,19). The number of hydrogen-bond acceptors (Lipinski definition) is 5. The van der Waals surface area contributed by atoms with E-state index >= 15 is 0 Å². The lowest BCUT2D eigenvalue weighted by Crippen LogP contribution is -2.29. The number of nitrogens with one attached hydrogen (secondary N) is 1. The molecule has 5 nitrogen and oxygen atoms in total. The van der Waals surface area contributed by atoms with Gasteiger partial charge in [0.15, 0.2) is 0 Å². The highest BCUT2D eigenvalue weighted by atomic mass is 32.1. The van der Waals surface area contributed by atoms with E-state index in [2.05, 4.69) is 20.6 Å². The summed E-state index contributed by atoms with van der Waals surface area (Å²) in [6.45, 7) is 2.25. The maximum atomic E-state index is 11.3. The Bertz CT molecular complexity index is 436. The van der Waals surface area contributed by atoms with E-state index in [9.17, 15) is 4.79 Å². The topological polar surface area (TPSA) is 65.5 Å². The number of rotatable bonds is 7. The number of aliphatic hydroxyl groups is 1. The number of thiazole rings is 1. The molecule has 1 unspecified atom stereocenters. The summed E-state index contributed by atoms with van der Waals surface area (Å²) in [4.78, 5) is 18.3. The van der Waals surface area contributed by atoms with E-state index in [-0.39, 0.29) is 12.5 Å². The largest absolute Gasteiger partial charge is 0.396 e. The molecule has 0 aromatic carbocycles. The second kappa shape index (κ2) is 7.71. The molecular weight excluding hydrogens is 274 g/mol. The summed E-state index contributed by atoms with van der Waals surface area (Å²) in [5.74, 6) is 0.00731. The molecular formula is C14H23N3O2S. The fraction of sp³-hybridized carbons (Fsp3) is 0.714. The van der Waals surface area contributed by atoms with Crippen molar-refractivity contribution in [1.29, 1.82) is 0 Å². The van der Waals surface area contributed by atoms with Crippen molar-refractivity contribution < 1.29 is 9.90 Å². The molecule has 0 spiro atoms. The van der Waals surface area contributed by atoms with E-state index in [1.54, 1.807) is 18.4 Å². The first-order chi connectivity index (χ1) is 9.72. The average Bonchev–Trinajstić information content (AvgIpc) is 3.06. The molecule has 1 fully saturated rings. The lowest BCUT2D eigenvalue weighted by molar-refractivity contribution is -0.119. The van der Waals surface area contributed by atoms with E-state index in [1.165, 1.54) is 12.8 Å². The van der Waals surface area contributed by atoms with E-state index in [1.807, 2.05) is 0 Å². The first-order valence-corrected chi connectivity index (χ1v) is 8.09. The Kier molecular flexibility index (Phi) is 5.94. The molecule has 112 valence electrons. The van der Waals surface area contributed by atoms with E-state index in [0.29, 0.717) is 12.5 Å². The van der Waals surface area contributed by atoms with Gasteiger partial charge in [-0.2, -0.15) is 0 Å². The molecule has 0 radical (unpaired) electrons. The molecule has 0 saturated carbocycles. The molecule has 2 heterocycles. The summed E-state index contributed by atoms with van der Waals surface area (Å²) in [5.41, 5.74) is 1.06. The molecule has 1 amide bonds. The number of nitrogens with zero attached hydrogens (tertiary/aromatic N) is 2. The molecule has 1 aromatic rings. The quantitative estimate of drug-likeness (QED) is 0.793. The fourth-order valence-electron chi connectivity index (χ4n) is 2.69. The lowest BCUT2D eigenvalue weighted by atomic mass is 10.1. The Morgan fingerprint density at radius 1 is 1.65 bits per heavy atom. The van der Waals surface area contributed by atoms with E-state index in [0.717, 1.165) is 36.6 Å². The number of carbonyl (C=O) groups is 1. The van der Waals surface area contributed by atoms with Gasteiger partial charge in [0.2, 0.25) is 5.91 Å². The van der Waals surface area contributed by atoms with Gasteiger partial charge in [0, 0.05) is 31.6 Å². The number of aromatic nitrogens is 1. The Morgan fingerprint density at radius 2 is 2.50 bits per heavy atom. The van der Waals surface area contributed by atoms with Crippen molar-refractivity contribution in [3.63, 3.8) is 0 Å². The van der Waals surface area contributed by atoms with Gasteiger partial charge in [-0.05, 0) is 32.2 Å². The summed E-state index contributed by atoms with van der Waals surface area (Å²) in [6, 6.07) is 0.575. The van der Waals surface area contributed by atoms with Crippen LogP contribution in [0.1, 0.15) is 36.4 Å². The van der Waals surface area contributed by atoms with Crippen LogP contribution in [0.25, 0.3) is 0 Å². The van der Waals surface area contributed by atoms with Gasteiger partial charge in [0.05, 0.1) is 12.1 Å². The molecule has 1 aromatic heterocycles. The number of carbonyl (C=O) groups excluding carboxylic acids is 1. The number of amides is 1. The normalized spacial score (nSPS) is 19.4. The van der Waals surface area contributed by atoms with Crippen LogP contribution in [0.4, 0.5) is 0 Å². The van der Waals surface area contributed by atoms with Crippen molar-refractivity contribution in [3.8, 4) is 0 Å². The summed E-state index contributed by atoms with van der Waals surface area (Å²) in [6.07, 6.45) is 4.75. The smallest absolute Gasteiger partial charge is 0.226 e. The van der Waals surface area contributed by atoms with E-state index in [4.69, 9.17) is 5.11 Å². The van der Waals surface area contributed by atoms with Crippen molar-refractivity contribution in [2.75, 3.05) is 20.2 Å². The van der Waals surface area contributed by atoms with Crippen molar-refractivity contribution in [2.45, 2.75) is 44.7 Å². The minimum absolute atomic E-state index is 0.00731. The minimum Gasteiger partial charge on any atom is -0.396 e. The third-order valence-corrected chi connectivity index (χ3v) is 4.65. The second-order valence-electron chi connectivity index (χ2n) is 5.21. The molecule has 0 bridgehead atoms. The molecule has 1 atom stereocenters. The zero-order valence-electron chi connectivity index (χ0n) is 12.0. The molecule has 2 rings (SSSR count). The first-order valence-electron chi connectivity index (χ1n) is 7.21. The minimum atomic E-state index is 0.00731. The van der Waals surface area contributed by atoms with Crippen LogP contribution in [0.15, 0.2) is 5.38 Å². The Morgan fingerprint density at radius 3 is 3.25 bits per heavy atom. The van der Waals surface area contributed by atoms with Gasteiger partial charge in [-0.25, -0.2) is 4.98 Å². The van der Waals surface area contributed by atoms with Crippen LogP contribution in [0, 0.1) is 0 Å².